The molecule has 1 unspecified atom stereocenters. The molecule has 0 spiro atoms. The van der Waals surface area contributed by atoms with Gasteiger partial charge in [-0.1, -0.05) is 6.92 Å². The van der Waals surface area contributed by atoms with Crippen molar-refractivity contribution in [1.29, 1.82) is 0 Å². The zero-order valence-electron chi connectivity index (χ0n) is 10.6. The fraction of sp³-hybridized carbons (Fsp3) is 0.308. The third-order valence-electron chi connectivity index (χ3n) is 2.16. The van der Waals surface area contributed by atoms with Gasteiger partial charge in [0.1, 0.15) is 0 Å². The normalized spacial score (nSPS) is 10.5. The number of carboxylic acid groups (broad SMARTS) is 1. The smallest absolute Gasteiger partial charge is 0.481 e. The number of amides is 1. The first-order valence-electron chi connectivity index (χ1n) is 5.04. The topological polar surface area (TPSA) is 66.4 Å². The standard InChI is InChI=1S/C12H14NO3.CH3.U/c1-9(12(15)16)8-13-11(14)7-10-5-3-2-4-6-10;;/h2-3,5-6,9H,7-8H2,1H3,(H,13,14)(H,15,16);1H3;/q2*-1;+2. The van der Waals surface area contributed by atoms with Crippen molar-refractivity contribution in [3.63, 3.8) is 0 Å². The van der Waals surface area contributed by atoms with Crippen molar-refractivity contribution < 1.29 is 45.8 Å². The fourth-order valence-electron chi connectivity index (χ4n) is 1.14. The summed E-state index contributed by atoms with van der Waals surface area (Å²) >= 11 is 0. The van der Waals surface area contributed by atoms with E-state index in [1.807, 2.05) is 12.1 Å². The summed E-state index contributed by atoms with van der Waals surface area (Å²) in [4.78, 5) is 21.9. The van der Waals surface area contributed by atoms with E-state index in [4.69, 9.17) is 5.11 Å². The number of hydrogen-bond donors (Lipinski definition) is 2. The van der Waals surface area contributed by atoms with Crippen molar-refractivity contribution in [2.24, 2.45) is 5.92 Å². The molecule has 0 saturated carbocycles. The van der Waals surface area contributed by atoms with Crippen LogP contribution >= 0.6 is 0 Å². The van der Waals surface area contributed by atoms with E-state index in [0.717, 1.165) is 5.56 Å². The molecule has 18 heavy (non-hydrogen) atoms. The molecule has 0 bridgehead atoms. The zero-order chi connectivity index (χ0) is 12.0. The van der Waals surface area contributed by atoms with Crippen molar-refractivity contribution in [3.05, 3.63) is 43.3 Å². The number of rotatable bonds is 5. The molecule has 4 nitrogen and oxygen atoms in total. The summed E-state index contributed by atoms with van der Waals surface area (Å²) < 4.78 is 0. The first kappa shape index (κ1) is 19.5. The minimum Gasteiger partial charge on any atom is -0.481 e. The van der Waals surface area contributed by atoms with E-state index in [1.165, 1.54) is 0 Å². The average Bonchev–Trinajstić information content (AvgIpc) is 2.27. The molecule has 1 aromatic carbocycles. The third-order valence-corrected chi connectivity index (χ3v) is 2.16. The average molecular weight is 473 g/mol. The van der Waals surface area contributed by atoms with Gasteiger partial charge < -0.3 is 17.8 Å². The number of benzene rings is 1. The first-order valence-corrected chi connectivity index (χ1v) is 5.04. The van der Waals surface area contributed by atoms with E-state index in [-0.39, 0.29) is 57.4 Å². The zero-order valence-corrected chi connectivity index (χ0v) is 14.7. The Hall–Kier alpha value is -0.788. The van der Waals surface area contributed by atoms with Crippen LogP contribution < -0.4 is 5.32 Å². The van der Waals surface area contributed by atoms with E-state index in [1.54, 1.807) is 19.1 Å². The number of carbonyl (C=O) groups is 2. The van der Waals surface area contributed by atoms with Crippen LogP contribution in [-0.4, -0.2) is 23.5 Å². The predicted molar refractivity (Wildman–Crippen MR) is 65.2 cm³/mol. The molecule has 1 atom stereocenters. The molecule has 0 aliphatic rings. The van der Waals surface area contributed by atoms with Crippen molar-refractivity contribution in [1.82, 2.24) is 5.32 Å². The third kappa shape index (κ3) is 7.52. The minimum atomic E-state index is -0.909. The van der Waals surface area contributed by atoms with Gasteiger partial charge in [0.15, 0.2) is 0 Å². The Morgan fingerprint density at radius 2 is 2.17 bits per heavy atom. The van der Waals surface area contributed by atoms with Crippen LogP contribution in [0.15, 0.2) is 24.3 Å². The van der Waals surface area contributed by atoms with Crippen LogP contribution in [-0.2, 0) is 16.0 Å². The molecule has 0 heterocycles. The largest absolute Gasteiger partial charge is 2.00 e. The fourth-order valence-corrected chi connectivity index (χ4v) is 1.14. The van der Waals surface area contributed by atoms with Crippen LogP contribution in [0.1, 0.15) is 12.5 Å². The molecule has 0 aromatic heterocycles. The molecule has 0 aliphatic heterocycles. The molecule has 0 fully saturated rings. The van der Waals surface area contributed by atoms with E-state index in [0.29, 0.717) is 0 Å². The van der Waals surface area contributed by atoms with Gasteiger partial charge in [-0.2, -0.15) is 30.3 Å². The molecule has 2 N–H and O–H groups in total. The van der Waals surface area contributed by atoms with Gasteiger partial charge in [-0.3, -0.25) is 9.59 Å². The Morgan fingerprint density at radius 3 is 2.67 bits per heavy atom. The van der Waals surface area contributed by atoms with Crippen molar-refractivity contribution in [3.8, 4) is 0 Å². The minimum absolute atomic E-state index is 0. The van der Waals surface area contributed by atoms with Crippen LogP contribution in [0.25, 0.3) is 0 Å². The Morgan fingerprint density at radius 1 is 1.50 bits per heavy atom. The summed E-state index contributed by atoms with van der Waals surface area (Å²) in [6, 6.07) is 10.0. The summed E-state index contributed by atoms with van der Waals surface area (Å²) in [5.74, 6) is -1.65. The Kier molecular flexibility index (Phi) is 11.0. The molecular formula is C13H17NO3U. The van der Waals surface area contributed by atoms with Gasteiger partial charge in [-0.05, 0) is 0 Å². The summed E-state index contributed by atoms with van der Waals surface area (Å²) in [6.45, 7) is 1.71. The number of carbonyl (C=O) groups excluding carboxylic acids is 1. The van der Waals surface area contributed by atoms with Gasteiger partial charge in [0.25, 0.3) is 0 Å². The SMILES string of the molecule is CC(CNC(=O)Cc1c[c-]ccc1)C(=O)O.[CH3-].[U+2]. The molecule has 1 amide bonds. The summed E-state index contributed by atoms with van der Waals surface area (Å²) in [5, 5.41) is 11.2. The Bertz CT molecular complexity index is 368. The van der Waals surface area contributed by atoms with E-state index in [9.17, 15) is 9.59 Å². The summed E-state index contributed by atoms with van der Waals surface area (Å²) in [5.41, 5.74) is 0.864. The Balaban J connectivity index is 0. The maximum atomic E-state index is 11.4. The molecule has 0 aliphatic carbocycles. The van der Waals surface area contributed by atoms with Crippen molar-refractivity contribution in [2.45, 2.75) is 13.3 Å². The second-order valence-electron chi connectivity index (χ2n) is 3.63. The van der Waals surface area contributed by atoms with Crippen LogP contribution in [0, 0.1) is 50.5 Å². The molecule has 0 radical (unpaired) electrons. The van der Waals surface area contributed by atoms with Crippen molar-refractivity contribution >= 4 is 11.9 Å². The first-order chi connectivity index (χ1) is 7.59. The summed E-state index contributed by atoms with van der Waals surface area (Å²) in [6.07, 6.45) is 0.254. The van der Waals surface area contributed by atoms with Crippen molar-refractivity contribution in [2.75, 3.05) is 6.54 Å². The Labute approximate surface area is 132 Å². The second kappa shape index (κ2) is 10.2. The quantitative estimate of drug-likeness (QED) is 0.635. The van der Waals surface area contributed by atoms with Gasteiger partial charge in [0.2, 0.25) is 5.91 Å². The van der Waals surface area contributed by atoms with Crippen LogP contribution in [0.3, 0.4) is 0 Å². The van der Waals surface area contributed by atoms with Gasteiger partial charge in [0, 0.05) is 13.0 Å². The molecule has 5 heteroatoms. The van der Waals surface area contributed by atoms with Gasteiger partial charge in [0.05, 0.1) is 5.92 Å². The monoisotopic (exact) mass is 473 g/mol. The molecule has 96 valence electrons. The van der Waals surface area contributed by atoms with E-state index >= 15 is 0 Å². The second-order valence-corrected chi connectivity index (χ2v) is 3.63. The maximum absolute atomic E-state index is 11.4. The van der Waals surface area contributed by atoms with Crippen LogP contribution in [0.2, 0.25) is 0 Å². The molecule has 1 aromatic rings. The van der Waals surface area contributed by atoms with Gasteiger partial charge in [-0.25, -0.2) is 0 Å². The molecule has 0 saturated heterocycles. The summed E-state index contributed by atoms with van der Waals surface area (Å²) in [7, 11) is 0. The van der Waals surface area contributed by atoms with Gasteiger partial charge in [-0.15, -0.1) is 5.56 Å². The van der Waals surface area contributed by atoms with E-state index in [2.05, 4.69) is 11.4 Å². The van der Waals surface area contributed by atoms with Crippen LogP contribution in [0.5, 0.6) is 0 Å². The molecule has 1 rings (SSSR count). The predicted octanol–water partition coefficient (Wildman–Crippen LogP) is 1.32. The van der Waals surface area contributed by atoms with Gasteiger partial charge >= 0.3 is 37.1 Å². The number of nitrogens with one attached hydrogen (secondary N) is 1. The molecular weight excluding hydrogens is 456 g/mol. The number of carboxylic acids is 1. The maximum Gasteiger partial charge on any atom is 2.00 e. The number of aliphatic carboxylic acids is 1. The van der Waals surface area contributed by atoms with E-state index < -0.39 is 11.9 Å². The number of hydrogen-bond acceptors (Lipinski definition) is 2. The van der Waals surface area contributed by atoms with Crippen LogP contribution in [0.4, 0.5) is 0 Å².